The van der Waals surface area contributed by atoms with E-state index in [1.54, 1.807) is 0 Å². The Balaban J connectivity index is 4.32. The average molecular weight is 905 g/mol. The lowest BCUT2D eigenvalue weighted by atomic mass is 10.0. The predicted octanol–water partition coefficient (Wildman–Crippen LogP) is 17.7. The van der Waals surface area contributed by atoms with Crippen LogP contribution >= 0.6 is 0 Å². The second kappa shape index (κ2) is 52.6. The van der Waals surface area contributed by atoms with Crippen LogP contribution < -0.4 is 5.32 Å². The van der Waals surface area contributed by atoms with E-state index in [9.17, 15) is 19.8 Å². The molecule has 0 rings (SSSR count). The first-order valence-electron chi connectivity index (χ1n) is 28.9. The lowest BCUT2D eigenvalue weighted by Gasteiger charge is -2.24. The Hall–Kier alpha value is -1.40. The third kappa shape index (κ3) is 47.1. The van der Waals surface area contributed by atoms with Gasteiger partial charge in [0, 0.05) is 6.42 Å². The van der Waals surface area contributed by atoms with Gasteiger partial charge < -0.3 is 20.3 Å². The van der Waals surface area contributed by atoms with E-state index in [1.165, 1.54) is 212 Å². The maximum absolute atomic E-state index is 13.2. The first kappa shape index (κ1) is 62.6. The van der Waals surface area contributed by atoms with Gasteiger partial charge in [-0.2, -0.15) is 0 Å². The third-order valence-corrected chi connectivity index (χ3v) is 13.6. The largest absolute Gasteiger partial charge is 0.462 e. The zero-order valence-electron chi connectivity index (χ0n) is 43.4. The van der Waals surface area contributed by atoms with Gasteiger partial charge in [-0.1, -0.05) is 277 Å². The maximum Gasteiger partial charge on any atom is 0.306 e. The SMILES string of the molecule is CCCC/C=C\CCCCCC(CC(=O)NC(CO)C(O)CCCCCCCCCCCCCCCCCCC)OC(=O)CCCCCCCCCCCCCCCCCCCCC. The summed E-state index contributed by atoms with van der Waals surface area (Å²) in [6.45, 7) is 6.48. The Morgan fingerprint density at radius 3 is 1.16 bits per heavy atom. The summed E-state index contributed by atoms with van der Waals surface area (Å²) < 4.78 is 5.93. The molecule has 0 fully saturated rings. The fourth-order valence-electron chi connectivity index (χ4n) is 9.18. The quantitative estimate of drug-likeness (QED) is 0.0321. The number of rotatable bonds is 53. The monoisotopic (exact) mass is 904 g/mol. The molecule has 3 atom stereocenters. The van der Waals surface area contributed by atoms with Crippen molar-refractivity contribution in [2.75, 3.05) is 6.61 Å². The number of aliphatic hydroxyl groups excluding tert-OH is 2. The molecule has 0 aliphatic rings. The van der Waals surface area contributed by atoms with Gasteiger partial charge in [0.25, 0.3) is 0 Å². The van der Waals surface area contributed by atoms with Gasteiger partial charge in [-0.3, -0.25) is 9.59 Å². The van der Waals surface area contributed by atoms with Crippen LogP contribution in [0.1, 0.15) is 323 Å². The molecule has 6 nitrogen and oxygen atoms in total. The number of hydrogen-bond acceptors (Lipinski definition) is 5. The molecule has 0 bridgehead atoms. The van der Waals surface area contributed by atoms with Crippen LogP contribution in [0.2, 0.25) is 0 Å². The number of amides is 1. The van der Waals surface area contributed by atoms with Crippen LogP contribution in [-0.2, 0) is 14.3 Å². The van der Waals surface area contributed by atoms with E-state index >= 15 is 0 Å². The normalized spacial score (nSPS) is 13.1. The number of esters is 1. The molecule has 0 aliphatic heterocycles. The number of nitrogens with one attached hydrogen (secondary N) is 1. The molecule has 380 valence electrons. The van der Waals surface area contributed by atoms with Gasteiger partial charge >= 0.3 is 5.97 Å². The highest BCUT2D eigenvalue weighted by Gasteiger charge is 2.24. The van der Waals surface area contributed by atoms with Gasteiger partial charge in [-0.15, -0.1) is 0 Å². The molecule has 1 amide bonds. The van der Waals surface area contributed by atoms with Crippen molar-refractivity contribution in [3.63, 3.8) is 0 Å². The number of carbonyl (C=O) groups excluding carboxylic acids is 2. The lowest BCUT2D eigenvalue weighted by molar-refractivity contribution is -0.151. The van der Waals surface area contributed by atoms with E-state index in [4.69, 9.17) is 4.74 Å². The van der Waals surface area contributed by atoms with Gasteiger partial charge in [0.05, 0.1) is 25.2 Å². The Morgan fingerprint density at radius 2 is 0.766 bits per heavy atom. The van der Waals surface area contributed by atoms with E-state index in [-0.39, 0.29) is 24.9 Å². The zero-order chi connectivity index (χ0) is 46.7. The van der Waals surface area contributed by atoms with E-state index < -0.39 is 18.2 Å². The minimum absolute atomic E-state index is 0.0736. The van der Waals surface area contributed by atoms with E-state index in [2.05, 4.69) is 38.2 Å². The number of allylic oxidation sites excluding steroid dienone is 2. The van der Waals surface area contributed by atoms with E-state index in [0.717, 1.165) is 64.2 Å². The van der Waals surface area contributed by atoms with Crippen LogP contribution in [0, 0.1) is 0 Å². The zero-order valence-corrected chi connectivity index (χ0v) is 43.4. The van der Waals surface area contributed by atoms with Crippen molar-refractivity contribution in [1.29, 1.82) is 0 Å². The molecule has 3 unspecified atom stereocenters. The molecule has 0 aromatic carbocycles. The molecule has 3 N–H and O–H groups in total. The fourth-order valence-corrected chi connectivity index (χ4v) is 9.18. The summed E-state index contributed by atoms with van der Waals surface area (Å²) in [6.07, 6.45) is 60.1. The van der Waals surface area contributed by atoms with Crippen molar-refractivity contribution in [1.82, 2.24) is 5.32 Å². The van der Waals surface area contributed by atoms with Crippen molar-refractivity contribution in [3.8, 4) is 0 Å². The Labute approximate surface area is 399 Å². The van der Waals surface area contributed by atoms with Crippen LogP contribution in [0.4, 0.5) is 0 Å². The van der Waals surface area contributed by atoms with Crippen LogP contribution in [-0.4, -0.2) is 46.9 Å². The molecule has 6 heteroatoms. The minimum atomic E-state index is -0.786. The van der Waals surface area contributed by atoms with Crippen molar-refractivity contribution in [2.24, 2.45) is 0 Å². The topological polar surface area (TPSA) is 95.9 Å². The number of carbonyl (C=O) groups is 2. The molecular weight excluding hydrogens is 791 g/mol. The van der Waals surface area contributed by atoms with Crippen LogP contribution in [0.15, 0.2) is 12.2 Å². The molecule has 0 aliphatic carbocycles. The highest BCUT2D eigenvalue weighted by Crippen LogP contribution is 2.19. The number of aliphatic hydroxyl groups is 2. The maximum atomic E-state index is 13.2. The van der Waals surface area contributed by atoms with E-state index in [1.807, 2.05) is 0 Å². The van der Waals surface area contributed by atoms with Crippen molar-refractivity contribution in [2.45, 2.75) is 341 Å². The smallest absolute Gasteiger partial charge is 0.306 e. The van der Waals surface area contributed by atoms with Crippen molar-refractivity contribution >= 4 is 11.9 Å². The summed E-state index contributed by atoms with van der Waals surface area (Å²) in [5.74, 6) is -0.471. The molecular formula is C58H113NO5. The number of ether oxygens (including phenoxy) is 1. The standard InChI is InChI=1S/C58H113NO5/c1-4-7-10-13-16-19-21-23-25-27-28-30-32-34-36-39-42-45-48-51-58(63)64-54(49-46-43-40-37-18-15-12-9-6-3)52-57(62)59-55(53-60)56(61)50-47-44-41-38-35-33-31-29-26-24-22-20-17-14-11-8-5-2/h15,18,54-56,60-61H,4-14,16-17,19-53H2,1-3H3,(H,59,62)/b18-15-. The van der Waals surface area contributed by atoms with E-state index in [0.29, 0.717) is 19.3 Å². The summed E-state index contributed by atoms with van der Waals surface area (Å²) in [7, 11) is 0. The summed E-state index contributed by atoms with van der Waals surface area (Å²) >= 11 is 0. The second-order valence-electron chi connectivity index (χ2n) is 20.1. The van der Waals surface area contributed by atoms with Crippen molar-refractivity contribution in [3.05, 3.63) is 12.2 Å². The van der Waals surface area contributed by atoms with Crippen molar-refractivity contribution < 1.29 is 24.5 Å². The highest BCUT2D eigenvalue weighted by atomic mass is 16.5. The summed E-state index contributed by atoms with van der Waals surface area (Å²) in [4.78, 5) is 26.2. The van der Waals surface area contributed by atoms with Crippen LogP contribution in [0.25, 0.3) is 0 Å². The van der Waals surface area contributed by atoms with Gasteiger partial charge in [-0.05, 0) is 44.9 Å². The Kier molecular flexibility index (Phi) is 51.4. The molecule has 64 heavy (non-hydrogen) atoms. The van der Waals surface area contributed by atoms with Gasteiger partial charge in [0.15, 0.2) is 0 Å². The minimum Gasteiger partial charge on any atom is -0.462 e. The number of hydrogen-bond donors (Lipinski definition) is 3. The van der Waals surface area contributed by atoms with Crippen LogP contribution in [0.5, 0.6) is 0 Å². The predicted molar refractivity (Wildman–Crippen MR) is 278 cm³/mol. The first-order valence-corrected chi connectivity index (χ1v) is 28.9. The first-order chi connectivity index (χ1) is 31.5. The highest BCUT2D eigenvalue weighted by molar-refractivity contribution is 5.77. The average Bonchev–Trinajstić information content (AvgIpc) is 3.29. The molecule has 0 saturated heterocycles. The molecule has 0 aromatic rings. The molecule has 0 radical (unpaired) electrons. The van der Waals surface area contributed by atoms with Gasteiger partial charge in [0.1, 0.15) is 6.10 Å². The Morgan fingerprint density at radius 1 is 0.438 bits per heavy atom. The second-order valence-corrected chi connectivity index (χ2v) is 20.1. The van der Waals surface area contributed by atoms with Gasteiger partial charge in [0.2, 0.25) is 5.91 Å². The summed E-state index contributed by atoms with van der Waals surface area (Å²) in [6, 6.07) is -0.700. The third-order valence-electron chi connectivity index (χ3n) is 13.6. The molecule has 0 heterocycles. The molecule has 0 aromatic heterocycles. The Bertz CT molecular complexity index is 970. The summed E-state index contributed by atoms with van der Waals surface area (Å²) in [5.41, 5.74) is 0. The lowest BCUT2D eigenvalue weighted by Crippen LogP contribution is -2.46. The van der Waals surface area contributed by atoms with Gasteiger partial charge in [-0.25, -0.2) is 0 Å². The molecule has 0 saturated carbocycles. The van der Waals surface area contributed by atoms with Crippen LogP contribution in [0.3, 0.4) is 0 Å². The fraction of sp³-hybridized carbons (Fsp3) is 0.931. The summed E-state index contributed by atoms with van der Waals surface area (Å²) in [5, 5.41) is 23.8. The molecule has 0 spiro atoms. The number of unbranched alkanes of at least 4 members (excludes halogenated alkanes) is 39.